The summed E-state index contributed by atoms with van der Waals surface area (Å²) in [7, 11) is 0. The summed E-state index contributed by atoms with van der Waals surface area (Å²) in [5.74, 6) is 8.98. The Morgan fingerprint density at radius 1 is 1.30 bits per heavy atom. The van der Waals surface area contributed by atoms with Gasteiger partial charge in [-0.2, -0.15) is 0 Å². The number of nitrogens with two attached hydrogens (primary N) is 2. The standard InChI is InChI=1S/CH8IN4O4/c3-9-5(7)1-2-6(8)10-4/h5-6H,1,3-4H2/q-1. The molecule has 0 saturated carbocycles. The number of hydroxylamine groups is 2. The van der Waals surface area contributed by atoms with Crippen molar-refractivity contribution in [3.05, 3.63) is 10.4 Å². The van der Waals surface area contributed by atoms with Crippen molar-refractivity contribution in [2.24, 2.45) is 11.8 Å². The molecule has 0 fully saturated rings. The first-order valence-electron chi connectivity index (χ1n) is 2.10. The maximum atomic E-state index is 10.3. The summed E-state index contributed by atoms with van der Waals surface area (Å²) in [6.07, 6.45) is 0. The fourth-order valence-corrected chi connectivity index (χ4v) is 1.15. The van der Waals surface area contributed by atoms with E-state index in [1.54, 1.807) is 0 Å². The zero-order valence-electron chi connectivity index (χ0n) is 4.87. The van der Waals surface area contributed by atoms with E-state index in [0.29, 0.717) is 0 Å². The van der Waals surface area contributed by atoms with Crippen molar-refractivity contribution < 1.29 is 40.0 Å². The molecule has 10 heavy (non-hydrogen) atoms. The van der Waals surface area contributed by atoms with Crippen LogP contribution in [0.5, 0.6) is 0 Å². The van der Waals surface area contributed by atoms with Gasteiger partial charge in [0.25, 0.3) is 0 Å². The number of rotatable bonds is 5. The van der Waals surface area contributed by atoms with Crippen LogP contribution < -0.4 is 41.9 Å². The Morgan fingerprint density at radius 2 is 1.90 bits per heavy atom. The van der Waals surface area contributed by atoms with Gasteiger partial charge < -0.3 is 0 Å². The molecule has 0 aliphatic rings. The van der Waals surface area contributed by atoms with Crippen LogP contribution in [0.15, 0.2) is 0 Å². The van der Waals surface area contributed by atoms with Gasteiger partial charge >= 0.3 is 66.8 Å². The number of hydrogen-bond donors (Lipinski definition) is 4. The first-order valence-corrected chi connectivity index (χ1v) is 4.70. The molecule has 0 aromatic heterocycles. The van der Waals surface area contributed by atoms with Crippen LogP contribution in [0.4, 0.5) is 0 Å². The van der Waals surface area contributed by atoms with Crippen molar-refractivity contribution in [3.8, 4) is 0 Å². The average molecular weight is 267 g/mol. The van der Waals surface area contributed by atoms with Crippen LogP contribution >= 0.6 is 0 Å². The predicted octanol–water partition coefficient (Wildman–Crippen LogP) is -7.68. The van der Waals surface area contributed by atoms with Crippen LogP contribution in [0.1, 0.15) is 0 Å². The van der Waals surface area contributed by atoms with E-state index in [1.165, 1.54) is 0 Å². The van der Waals surface area contributed by atoms with Crippen LogP contribution in [-0.4, -0.2) is 4.55 Å². The van der Waals surface area contributed by atoms with Crippen molar-refractivity contribution in [2.75, 3.05) is 4.55 Å². The topological polar surface area (TPSA) is 126 Å². The number of quaternary nitrogens is 2. The molecule has 0 heterocycles. The molecule has 6 N–H and O–H groups in total. The van der Waals surface area contributed by atoms with E-state index in [4.69, 9.17) is 0 Å². The molecule has 2 unspecified atom stereocenters. The Kier molecular flexibility index (Phi) is 6.39. The van der Waals surface area contributed by atoms with Gasteiger partial charge in [-0.1, -0.05) is 0 Å². The quantitative estimate of drug-likeness (QED) is 0.129. The van der Waals surface area contributed by atoms with Gasteiger partial charge in [0.15, 0.2) is 0 Å². The zero-order valence-corrected chi connectivity index (χ0v) is 7.03. The minimum absolute atomic E-state index is 0.00852. The molecule has 0 aromatic carbocycles. The van der Waals surface area contributed by atoms with E-state index >= 15 is 0 Å². The fraction of sp³-hybridized carbons (Fsp3) is 1.00. The van der Waals surface area contributed by atoms with Gasteiger partial charge in [0, 0.05) is 0 Å². The second-order valence-corrected chi connectivity index (χ2v) is 3.52. The van der Waals surface area contributed by atoms with Gasteiger partial charge in [-0.15, -0.1) is 0 Å². The summed E-state index contributed by atoms with van der Waals surface area (Å²) in [6, 6.07) is 0. The van der Waals surface area contributed by atoms with E-state index in [9.17, 15) is 10.4 Å². The first-order chi connectivity index (χ1) is 4.70. The van der Waals surface area contributed by atoms with Crippen molar-refractivity contribution in [1.29, 1.82) is 0 Å². The Hall–Kier alpha value is 0.410. The molecule has 0 saturated heterocycles. The summed E-state index contributed by atoms with van der Waals surface area (Å²) >= 11 is -1.03. The molecule has 0 aromatic rings. The number of hydrogen-bond acceptors (Lipinski definition) is 6. The maximum absolute atomic E-state index is 10.3. The van der Waals surface area contributed by atoms with Crippen LogP contribution in [0.2, 0.25) is 0 Å². The Labute approximate surface area is 67.2 Å². The monoisotopic (exact) mass is 267 g/mol. The van der Waals surface area contributed by atoms with Gasteiger partial charge in [0.2, 0.25) is 0 Å². The summed E-state index contributed by atoms with van der Waals surface area (Å²) in [6.45, 7) is 0. The van der Waals surface area contributed by atoms with E-state index < -0.39 is 30.1 Å². The molecule has 2 atom stereocenters. The van der Waals surface area contributed by atoms with Gasteiger partial charge in [-0.3, -0.25) is 0 Å². The minimum atomic E-state index is -1.03. The van der Waals surface area contributed by atoms with E-state index in [1.807, 2.05) is 0 Å². The second-order valence-electron chi connectivity index (χ2n) is 1.11. The third kappa shape index (κ3) is 5.21. The molecule has 9 heteroatoms. The van der Waals surface area contributed by atoms with E-state index in [0.717, 1.165) is 0 Å². The molecule has 0 rings (SSSR count). The first kappa shape index (κ1) is 10.4. The second kappa shape index (κ2) is 6.14. The molecule has 0 spiro atoms. The summed E-state index contributed by atoms with van der Waals surface area (Å²) < 4.78 is -0.574. The summed E-state index contributed by atoms with van der Waals surface area (Å²) in [5, 5.41) is 19.9. The van der Waals surface area contributed by atoms with Gasteiger partial charge in [-0.25, -0.2) is 0 Å². The number of nitrogens with one attached hydrogen (secondary N) is 2. The molecule has 64 valence electrons. The molecule has 0 aliphatic carbocycles. The SMILES string of the molecule is NO[NH+]([O-])C[I-][NH+]([O-])ON. The number of halogens is 1. The van der Waals surface area contributed by atoms with Gasteiger partial charge in [0.1, 0.15) is 0 Å². The van der Waals surface area contributed by atoms with E-state index in [-0.39, 0.29) is 4.55 Å². The van der Waals surface area contributed by atoms with Crippen molar-refractivity contribution >= 4 is 0 Å². The molecular weight excluding hydrogens is 259 g/mol. The van der Waals surface area contributed by atoms with Crippen LogP contribution in [-0.2, 0) is 9.88 Å². The van der Waals surface area contributed by atoms with Crippen LogP contribution in [0.3, 0.4) is 0 Å². The third-order valence-electron chi connectivity index (χ3n) is 0.509. The Balaban J connectivity index is 3.17. The van der Waals surface area contributed by atoms with Crippen molar-refractivity contribution in [1.82, 2.24) is 0 Å². The summed E-state index contributed by atoms with van der Waals surface area (Å²) in [4.78, 5) is 7.59. The van der Waals surface area contributed by atoms with E-state index in [2.05, 4.69) is 21.7 Å². The average Bonchev–Trinajstić information content (AvgIpc) is 1.99. The molecule has 0 amide bonds. The Bertz CT molecular complexity index is 73.7. The summed E-state index contributed by atoms with van der Waals surface area (Å²) in [5.41, 5.74) is 0. The fourth-order valence-electron chi connectivity index (χ4n) is 0.172. The normalized spacial score (nSPS) is 17.2. The van der Waals surface area contributed by atoms with Crippen LogP contribution in [0.25, 0.3) is 0 Å². The van der Waals surface area contributed by atoms with Gasteiger partial charge in [-0.05, 0) is 0 Å². The van der Waals surface area contributed by atoms with Crippen molar-refractivity contribution in [2.45, 2.75) is 0 Å². The molecular formula is CH8IN4O4-. The predicted molar refractivity (Wildman–Crippen MR) is 24.1 cm³/mol. The molecule has 0 radical (unpaired) electrons. The van der Waals surface area contributed by atoms with Gasteiger partial charge in [0.05, 0.1) is 0 Å². The molecule has 0 aliphatic heterocycles. The Morgan fingerprint density at radius 3 is 2.30 bits per heavy atom. The zero-order chi connectivity index (χ0) is 7.98. The number of alkyl halides is 1. The molecule has 0 bridgehead atoms. The van der Waals surface area contributed by atoms with Crippen molar-refractivity contribution in [3.63, 3.8) is 0 Å². The molecule has 8 nitrogen and oxygen atoms in total. The third-order valence-corrected chi connectivity index (χ3v) is 2.39. The van der Waals surface area contributed by atoms with Crippen LogP contribution in [0, 0.1) is 10.4 Å².